The number of aromatic nitrogens is 4. The van der Waals surface area contributed by atoms with Gasteiger partial charge in [-0.05, 0) is 77.9 Å². The maximum absolute atomic E-state index is 15.7. The van der Waals surface area contributed by atoms with E-state index in [1.54, 1.807) is 33.8 Å². The van der Waals surface area contributed by atoms with Crippen molar-refractivity contribution in [3.8, 4) is 28.8 Å². The number of likely N-dealkylation sites (tertiary alicyclic amines) is 1. The van der Waals surface area contributed by atoms with Crippen molar-refractivity contribution < 1.29 is 13.9 Å². The Labute approximate surface area is 280 Å². The molecule has 2 aromatic carbocycles. The summed E-state index contributed by atoms with van der Waals surface area (Å²) >= 11 is 0. The Bertz CT molecular complexity index is 1870. The summed E-state index contributed by atoms with van der Waals surface area (Å²) in [5, 5.41) is 15.4. The molecule has 0 radical (unpaired) electrons. The molecule has 4 heterocycles. The van der Waals surface area contributed by atoms with E-state index in [4.69, 9.17) is 15.6 Å². The fraction of sp³-hybridized carbons (Fsp3) is 0.417. The number of carbonyl (C=O) groups is 1. The van der Waals surface area contributed by atoms with Crippen molar-refractivity contribution in [2.24, 2.45) is 0 Å². The van der Waals surface area contributed by atoms with Crippen LogP contribution >= 0.6 is 0 Å². The van der Waals surface area contributed by atoms with Gasteiger partial charge in [-0.3, -0.25) is 14.6 Å². The Morgan fingerprint density at radius 3 is 2.50 bits per heavy atom. The van der Waals surface area contributed by atoms with Gasteiger partial charge >= 0.3 is 0 Å². The van der Waals surface area contributed by atoms with E-state index >= 15 is 4.39 Å². The van der Waals surface area contributed by atoms with E-state index < -0.39 is 11.4 Å². The number of nitriles is 1. The molecule has 2 aromatic heterocycles. The topological polar surface area (TPSA) is 129 Å². The summed E-state index contributed by atoms with van der Waals surface area (Å²) in [5.41, 5.74) is 6.96. The van der Waals surface area contributed by atoms with Crippen LogP contribution in [0, 0.1) is 17.1 Å². The van der Waals surface area contributed by atoms with E-state index in [0.717, 1.165) is 13.1 Å². The van der Waals surface area contributed by atoms with E-state index in [-0.39, 0.29) is 28.9 Å². The fourth-order valence-corrected chi connectivity index (χ4v) is 6.79. The number of benzene rings is 2. The zero-order valence-electron chi connectivity index (χ0n) is 28.1. The highest BCUT2D eigenvalue weighted by Gasteiger charge is 2.36. The van der Waals surface area contributed by atoms with Crippen LogP contribution in [0.1, 0.15) is 46.6 Å². The number of amides is 1. The summed E-state index contributed by atoms with van der Waals surface area (Å²) in [5.74, 6) is 0.275. The highest BCUT2D eigenvalue weighted by Crippen LogP contribution is 2.36. The van der Waals surface area contributed by atoms with E-state index in [9.17, 15) is 10.1 Å². The minimum Gasteiger partial charge on any atom is -0.457 e. The first-order valence-corrected chi connectivity index (χ1v) is 16.4. The summed E-state index contributed by atoms with van der Waals surface area (Å²) in [7, 11) is 2.13. The second-order valence-electron chi connectivity index (χ2n) is 13.4. The van der Waals surface area contributed by atoms with Gasteiger partial charge in [0.15, 0.2) is 5.65 Å². The third-order valence-corrected chi connectivity index (χ3v) is 9.75. The molecular weight excluding hydrogens is 609 g/mol. The molecule has 1 unspecified atom stereocenters. The average Bonchev–Trinajstić information content (AvgIpc) is 3.47. The summed E-state index contributed by atoms with van der Waals surface area (Å²) in [6.07, 6.45) is 4.58. The number of rotatable bonds is 7. The number of hydrogen-bond donors (Lipinski definition) is 1. The summed E-state index contributed by atoms with van der Waals surface area (Å²) in [6, 6.07) is 16.4. The first-order valence-electron chi connectivity index (χ1n) is 16.4. The zero-order valence-corrected chi connectivity index (χ0v) is 28.1. The summed E-state index contributed by atoms with van der Waals surface area (Å²) in [4.78, 5) is 28.9. The lowest BCUT2D eigenvalue weighted by Crippen LogP contribution is -2.60. The van der Waals surface area contributed by atoms with Gasteiger partial charge in [-0.15, -0.1) is 0 Å². The maximum atomic E-state index is 15.7. The third-order valence-electron chi connectivity index (χ3n) is 9.75. The van der Waals surface area contributed by atoms with Gasteiger partial charge in [-0.2, -0.15) is 10.4 Å². The van der Waals surface area contributed by atoms with Crippen molar-refractivity contribution in [3.05, 3.63) is 72.3 Å². The second kappa shape index (κ2) is 13.3. The molecule has 48 heavy (non-hydrogen) atoms. The van der Waals surface area contributed by atoms with Crippen LogP contribution in [0.2, 0.25) is 0 Å². The lowest BCUT2D eigenvalue weighted by Gasteiger charge is -2.48. The van der Waals surface area contributed by atoms with Crippen LogP contribution in [0.5, 0.6) is 11.5 Å². The molecule has 2 aliphatic rings. The van der Waals surface area contributed by atoms with Crippen LogP contribution in [0.3, 0.4) is 0 Å². The number of piperazine rings is 1. The standard InChI is InChI=1S/C36H42FN9O2/c1-23-19-45(20-24(2)43(23)5)36(3,4)17-25(18-38)35(47)44-15-9-10-26(21-44)46-34-31(33(39)40-22-41-34)32(42-46)29-14-13-28(16-30(29)37)48-27-11-7-6-8-12-27/h6-8,11-14,16-17,22-24,26H,9-10,15,19-21H2,1-5H3,(H2,39,40,41)/b25-17-/t23-,24?,26-/m0/s1. The number of hydrogen-bond acceptors (Lipinski definition) is 9. The Morgan fingerprint density at radius 1 is 1.08 bits per heavy atom. The smallest absolute Gasteiger partial charge is 0.264 e. The number of nitrogens with zero attached hydrogens (tertiary/aromatic N) is 8. The molecule has 2 N–H and O–H groups in total. The average molecular weight is 652 g/mol. The summed E-state index contributed by atoms with van der Waals surface area (Å²) < 4.78 is 23.2. The number of fused-ring (bicyclic) bond motifs is 1. The molecule has 6 rings (SSSR count). The molecule has 2 saturated heterocycles. The van der Waals surface area contributed by atoms with Crippen LogP contribution in [0.15, 0.2) is 66.5 Å². The highest BCUT2D eigenvalue weighted by atomic mass is 19.1. The number of ether oxygens (including phenoxy) is 1. The van der Waals surface area contributed by atoms with Gasteiger partial charge in [0.05, 0.1) is 11.4 Å². The number of nitrogen functional groups attached to an aromatic ring is 1. The van der Waals surface area contributed by atoms with Gasteiger partial charge in [0.2, 0.25) is 0 Å². The Morgan fingerprint density at radius 2 is 1.81 bits per heavy atom. The molecule has 3 atom stereocenters. The van der Waals surface area contributed by atoms with Crippen LogP contribution in [0.25, 0.3) is 22.3 Å². The van der Waals surface area contributed by atoms with E-state index in [1.165, 1.54) is 12.4 Å². The number of carbonyl (C=O) groups excluding carboxylic acids is 1. The third kappa shape index (κ3) is 6.48. The first-order chi connectivity index (χ1) is 23.0. The van der Waals surface area contributed by atoms with Crippen molar-refractivity contribution in [1.82, 2.24) is 34.4 Å². The number of anilines is 1. The minimum absolute atomic E-state index is 0.123. The van der Waals surface area contributed by atoms with Gasteiger partial charge < -0.3 is 15.4 Å². The van der Waals surface area contributed by atoms with E-state index in [2.05, 4.69) is 60.6 Å². The largest absolute Gasteiger partial charge is 0.457 e. The normalized spacial score (nSPS) is 21.3. The molecule has 4 aromatic rings. The van der Waals surface area contributed by atoms with Crippen molar-refractivity contribution in [2.45, 2.75) is 64.2 Å². The fourth-order valence-electron chi connectivity index (χ4n) is 6.79. The molecule has 12 heteroatoms. The molecule has 1 amide bonds. The van der Waals surface area contributed by atoms with Crippen molar-refractivity contribution >= 4 is 22.8 Å². The van der Waals surface area contributed by atoms with Crippen molar-refractivity contribution in [2.75, 3.05) is 39.0 Å². The second-order valence-corrected chi connectivity index (χ2v) is 13.4. The Hall–Kier alpha value is -4.86. The number of piperidine rings is 1. The van der Waals surface area contributed by atoms with Gasteiger partial charge in [0, 0.05) is 55.4 Å². The molecule has 0 saturated carbocycles. The van der Waals surface area contributed by atoms with E-state index in [1.807, 2.05) is 24.3 Å². The SMILES string of the molecule is CC1CN(C(C)(C)/C=C(/C#N)C(=O)N2CCC[C@H](n3nc(-c4ccc(Oc5ccccc5)cc4F)c4c(N)ncnc43)C2)C[C@H](C)N1C. The molecule has 2 fully saturated rings. The quantitative estimate of drug-likeness (QED) is 0.206. The molecule has 0 spiro atoms. The van der Waals surface area contributed by atoms with Gasteiger partial charge in [-0.25, -0.2) is 19.0 Å². The zero-order chi connectivity index (χ0) is 34.2. The van der Waals surface area contributed by atoms with Crippen LogP contribution in [-0.2, 0) is 4.79 Å². The van der Waals surface area contributed by atoms with Gasteiger partial charge in [-0.1, -0.05) is 18.2 Å². The number of para-hydroxylation sites is 1. The molecule has 11 nitrogen and oxygen atoms in total. The Balaban J connectivity index is 1.27. The van der Waals surface area contributed by atoms with Gasteiger partial charge in [0.1, 0.15) is 46.8 Å². The molecule has 250 valence electrons. The monoisotopic (exact) mass is 651 g/mol. The number of halogens is 1. The molecular formula is C36H42FN9O2. The lowest BCUT2D eigenvalue weighted by molar-refractivity contribution is -0.128. The predicted octanol–water partition coefficient (Wildman–Crippen LogP) is 5.42. The Kier molecular flexibility index (Phi) is 9.18. The first kappa shape index (κ1) is 33.1. The molecule has 0 aliphatic carbocycles. The highest BCUT2D eigenvalue weighted by molar-refractivity contribution is 5.99. The van der Waals surface area contributed by atoms with E-state index in [0.29, 0.717) is 66.2 Å². The van der Waals surface area contributed by atoms with Crippen LogP contribution in [-0.4, -0.2) is 91.2 Å². The maximum Gasteiger partial charge on any atom is 0.264 e. The number of likely N-dealkylation sites (N-methyl/N-ethyl adjacent to an activating group) is 1. The lowest BCUT2D eigenvalue weighted by atomic mass is 9.94. The van der Waals surface area contributed by atoms with Crippen molar-refractivity contribution in [3.63, 3.8) is 0 Å². The van der Waals surface area contributed by atoms with Crippen LogP contribution in [0.4, 0.5) is 10.2 Å². The van der Waals surface area contributed by atoms with Crippen molar-refractivity contribution in [1.29, 1.82) is 5.26 Å². The molecule has 0 bridgehead atoms. The predicted molar refractivity (Wildman–Crippen MR) is 183 cm³/mol. The minimum atomic E-state index is -0.533. The van der Waals surface area contributed by atoms with Crippen LogP contribution < -0.4 is 10.5 Å². The van der Waals surface area contributed by atoms with Gasteiger partial charge in [0.25, 0.3) is 5.91 Å². The molecule has 2 aliphatic heterocycles. The summed E-state index contributed by atoms with van der Waals surface area (Å²) in [6.45, 7) is 11.0. The number of nitrogens with two attached hydrogens (primary N) is 1.